The number of rotatable bonds is 5. The molecule has 2 rings (SSSR count). The second-order valence-electron chi connectivity index (χ2n) is 5.12. The molecule has 2 N–H and O–H groups in total. The molecule has 1 aromatic carbocycles. The molecule has 1 heterocycles. The largest absolute Gasteiger partial charge is 0.330 e. The molecular weight excluding hydrogens is 262 g/mol. The van der Waals surface area contributed by atoms with Gasteiger partial charge < -0.3 is 10.6 Å². The highest BCUT2D eigenvalue weighted by molar-refractivity contribution is 6.05. The zero-order valence-corrected chi connectivity index (χ0v) is 12.5. The first-order valence-electron chi connectivity index (χ1n) is 7.13. The first-order valence-corrected chi connectivity index (χ1v) is 7.13. The van der Waals surface area contributed by atoms with Gasteiger partial charge in [0.05, 0.1) is 5.56 Å². The molecule has 1 aromatic heterocycles. The van der Waals surface area contributed by atoms with Crippen LogP contribution in [0.25, 0.3) is 0 Å². The number of aromatic nitrogens is 1. The minimum atomic E-state index is -0.0418. The Morgan fingerprint density at radius 2 is 1.86 bits per heavy atom. The van der Waals surface area contributed by atoms with Gasteiger partial charge in [0.1, 0.15) is 0 Å². The third-order valence-electron chi connectivity index (χ3n) is 3.33. The molecule has 0 aliphatic carbocycles. The van der Waals surface area contributed by atoms with E-state index in [0.29, 0.717) is 18.7 Å². The molecule has 0 aliphatic rings. The van der Waals surface area contributed by atoms with E-state index in [2.05, 4.69) is 4.98 Å². The molecule has 0 radical (unpaired) electrons. The van der Waals surface area contributed by atoms with E-state index in [1.807, 2.05) is 50.2 Å². The first-order chi connectivity index (χ1) is 10.1. The molecule has 2 aromatic rings. The maximum absolute atomic E-state index is 12.7. The van der Waals surface area contributed by atoms with E-state index in [1.54, 1.807) is 11.1 Å². The van der Waals surface area contributed by atoms with Gasteiger partial charge in [-0.05, 0) is 51.1 Å². The van der Waals surface area contributed by atoms with Crippen LogP contribution in [-0.2, 0) is 0 Å². The van der Waals surface area contributed by atoms with E-state index < -0.39 is 0 Å². The Bertz CT molecular complexity index is 590. The topological polar surface area (TPSA) is 59.2 Å². The Balaban J connectivity index is 2.28. The molecule has 21 heavy (non-hydrogen) atoms. The molecule has 0 saturated heterocycles. The van der Waals surface area contributed by atoms with E-state index in [4.69, 9.17) is 5.73 Å². The zero-order chi connectivity index (χ0) is 15.2. The molecular formula is C17H21N3O. The second kappa shape index (κ2) is 6.99. The van der Waals surface area contributed by atoms with Crippen LogP contribution in [0.15, 0.2) is 42.6 Å². The van der Waals surface area contributed by atoms with Crippen molar-refractivity contribution in [2.75, 3.05) is 18.0 Å². The van der Waals surface area contributed by atoms with Crippen molar-refractivity contribution in [1.29, 1.82) is 0 Å². The van der Waals surface area contributed by atoms with Gasteiger partial charge in [-0.2, -0.15) is 0 Å². The summed E-state index contributed by atoms with van der Waals surface area (Å²) in [6, 6.07) is 11.6. The van der Waals surface area contributed by atoms with Crippen molar-refractivity contribution in [1.82, 2.24) is 4.98 Å². The van der Waals surface area contributed by atoms with Gasteiger partial charge in [-0.15, -0.1) is 0 Å². The summed E-state index contributed by atoms with van der Waals surface area (Å²) in [7, 11) is 0. The summed E-state index contributed by atoms with van der Waals surface area (Å²) >= 11 is 0. The number of amides is 1. The quantitative estimate of drug-likeness (QED) is 0.917. The minimum Gasteiger partial charge on any atom is -0.330 e. The van der Waals surface area contributed by atoms with Crippen molar-refractivity contribution >= 4 is 11.6 Å². The average Bonchev–Trinajstić information content (AvgIpc) is 2.50. The summed E-state index contributed by atoms with van der Waals surface area (Å²) in [5, 5.41) is 0. The smallest absolute Gasteiger partial charge is 0.259 e. The number of carbonyl (C=O) groups excluding carboxylic acids is 1. The Hall–Kier alpha value is -2.20. The van der Waals surface area contributed by atoms with Crippen molar-refractivity contribution in [3.8, 4) is 0 Å². The minimum absolute atomic E-state index is 0.0418. The number of aryl methyl sites for hydroxylation is 2. The maximum Gasteiger partial charge on any atom is 0.259 e. The lowest BCUT2D eigenvalue weighted by molar-refractivity contribution is 0.0986. The van der Waals surface area contributed by atoms with Crippen LogP contribution in [0, 0.1) is 13.8 Å². The lowest BCUT2D eigenvalue weighted by atomic mass is 10.1. The Morgan fingerprint density at radius 1 is 1.14 bits per heavy atom. The molecule has 0 bridgehead atoms. The number of anilines is 1. The van der Waals surface area contributed by atoms with Crippen LogP contribution in [-0.4, -0.2) is 24.0 Å². The van der Waals surface area contributed by atoms with Crippen LogP contribution in [0.5, 0.6) is 0 Å². The van der Waals surface area contributed by atoms with E-state index >= 15 is 0 Å². The van der Waals surface area contributed by atoms with Crippen molar-refractivity contribution in [2.24, 2.45) is 5.73 Å². The lowest BCUT2D eigenvalue weighted by Gasteiger charge is -2.23. The summed E-state index contributed by atoms with van der Waals surface area (Å²) in [4.78, 5) is 18.7. The number of pyridine rings is 1. The summed E-state index contributed by atoms with van der Waals surface area (Å²) < 4.78 is 0. The molecule has 0 atom stereocenters. The molecule has 4 nitrogen and oxygen atoms in total. The van der Waals surface area contributed by atoms with Crippen molar-refractivity contribution in [3.05, 3.63) is 59.4 Å². The number of carbonyl (C=O) groups is 1. The van der Waals surface area contributed by atoms with Crippen LogP contribution in [0.1, 0.15) is 28.0 Å². The molecule has 0 unspecified atom stereocenters. The summed E-state index contributed by atoms with van der Waals surface area (Å²) in [5.41, 5.74) is 9.14. The van der Waals surface area contributed by atoms with Gasteiger partial charge in [-0.1, -0.05) is 17.7 Å². The van der Waals surface area contributed by atoms with E-state index in [0.717, 1.165) is 17.8 Å². The van der Waals surface area contributed by atoms with Crippen LogP contribution in [0.3, 0.4) is 0 Å². The van der Waals surface area contributed by atoms with Crippen LogP contribution >= 0.6 is 0 Å². The summed E-state index contributed by atoms with van der Waals surface area (Å²) in [6.45, 7) is 5.09. The number of nitrogens with zero attached hydrogens (tertiary/aromatic N) is 2. The third kappa shape index (κ3) is 3.89. The van der Waals surface area contributed by atoms with Gasteiger partial charge in [0.15, 0.2) is 0 Å². The highest BCUT2D eigenvalue weighted by atomic mass is 16.2. The highest BCUT2D eigenvalue weighted by Crippen LogP contribution is 2.18. The standard InChI is InChI=1S/C17H21N3O/c1-13-4-8-16(9-5-13)20(11-3-10-18)17(21)15-7-6-14(2)19-12-15/h4-9,12H,3,10-11,18H2,1-2H3. The van der Waals surface area contributed by atoms with Gasteiger partial charge in [-0.3, -0.25) is 9.78 Å². The van der Waals surface area contributed by atoms with Gasteiger partial charge >= 0.3 is 0 Å². The highest BCUT2D eigenvalue weighted by Gasteiger charge is 2.17. The zero-order valence-electron chi connectivity index (χ0n) is 12.5. The second-order valence-corrected chi connectivity index (χ2v) is 5.12. The predicted octanol–water partition coefficient (Wildman–Crippen LogP) is 2.69. The monoisotopic (exact) mass is 283 g/mol. The lowest BCUT2D eigenvalue weighted by Crippen LogP contribution is -2.33. The van der Waals surface area contributed by atoms with E-state index in [1.165, 1.54) is 5.56 Å². The van der Waals surface area contributed by atoms with Crippen molar-refractivity contribution in [2.45, 2.75) is 20.3 Å². The molecule has 0 saturated carbocycles. The van der Waals surface area contributed by atoms with Gasteiger partial charge in [0.2, 0.25) is 0 Å². The normalized spacial score (nSPS) is 10.4. The number of hydrogen-bond acceptors (Lipinski definition) is 3. The fourth-order valence-corrected chi connectivity index (χ4v) is 2.07. The average molecular weight is 283 g/mol. The first kappa shape index (κ1) is 15.2. The predicted molar refractivity (Wildman–Crippen MR) is 85.5 cm³/mol. The number of nitrogens with two attached hydrogens (primary N) is 1. The molecule has 4 heteroatoms. The molecule has 110 valence electrons. The van der Waals surface area contributed by atoms with Crippen LogP contribution in [0.4, 0.5) is 5.69 Å². The molecule has 0 fully saturated rings. The van der Waals surface area contributed by atoms with Crippen LogP contribution < -0.4 is 10.6 Å². The Morgan fingerprint density at radius 3 is 2.43 bits per heavy atom. The fourth-order valence-electron chi connectivity index (χ4n) is 2.07. The van der Waals surface area contributed by atoms with E-state index in [-0.39, 0.29) is 5.91 Å². The summed E-state index contributed by atoms with van der Waals surface area (Å²) in [5.74, 6) is -0.0418. The maximum atomic E-state index is 12.7. The number of hydrogen-bond donors (Lipinski definition) is 1. The Kier molecular flexibility index (Phi) is 5.06. The fraction of sp³-hybridized carbons (Fsp3) is 0.294. The number of benzene rings is 1. The Labute approximate surface area is 125 Å². The molecule has 0 aliphatic heterocycles. The molecule has 1 amide bonds. The SMILES string of the molecule is Cc1ccc(N(CCCN)C(=O)c2ccc(C)nc2)cc1. The summed E-state index contributed by atoms with van der Waals surface area (Å²) in [6.07, 6.45) is 2.39. The van der Waals surface area contributed by atoms with Crippen molar-refractivity contribution in [3.63, 3.8) is 0 Å². The van der Waals surface area contributed by atoms with Crippen molar-refractivity contribution < 1.29 is 4.79 Å². The molecule has 0 spiro atoms. The van der Waals surface area contributed by atoms with Gasteiger partial charge in [0, 0.05) is 24.1 Å². The van der Waals surface area contributed by atoms with Crippen LogP contribution in [0.2, 0.25) is 0 Å². The third-order valence-corrected chi connectivity index (χ3v) is 3.33. The van der Waals surface area contributed by atoms with Gasteiger partial charge in [0.25, 0.3) is 5.91 Å². The van der Waals surface area contributed by atoms with E-state index in [9.17, 15) is 4.79 Å². The van der Waals surface area contributed by atoms with Gasteiger partial charge in [-0.25, -0.2) is 0 Å².